The summed E-state index contributed by atoms with van der Waals surface area (Å²) in [7, 11) is 1.89. The summed E-state index contributed by atoms with van der Waals surface area (Å²) in [6, 6.07) is 9.91. The number of nitrogens with zero attached hydrogens (tertiary/aromatic N) is 4. The molecule has 0 saturated heterocycles. The van der Waals surface area contributed by atoms with Crippen LogP contribution in [-0.2, 0) is 7.05 Å². The number of aromatic nitrogens is 4. The molecule has 4 rings (SSSR count). The molecule has 1 aliphatic rings. The average molecular weight is 285 g/mol. The SMILES string of the molecule is Cn1nc(C2CC2)c2c(Cl)c(-c3ccccc3)nnc21. The highest BCUT2D eigenvalue weighted by atomic mass is 35.5. The van der Waals surface area contributed by atoms with E-state index in [1.807, 2.05) is 37.4 Å². The van der Waals surface area contributed by atoms with Gasteiger partial charge < -0.3 is 0 Å². The van der Waals surface area contributed by atoms with Crippen LogP contribution in [0.25, 0.3) is 22.3 Å². The monoisotopic (exact) mass is 284 g/mol. The largest absolute Gasteiger partial charge is 0.249 e. The van der Waals surface area contributed by atoms with Gasteiger partial charge in [-0.1, -0.05) is 41.9 Å². The molecule has 5 heteroatoms. The predicted octanol–water partition coefficient (Wildman–Crippen LogP) is 3.56. The van der Waals surface area contributed by atoms with Crippen LogP contribution in [0.2, 0.25) is 5.02 Å². The fraction of sp³-hybridized carbons (Fsp3) is 0.267. The van der Waals surface area contributed by atoms with E-state index in [9.17, 15) is 0 Å². The summed E-state index contributed by atoms with van der Waals surface area (Å²) >= 11 is 6.61. The standard InChI is InChI=1S/C15H13ClN4/c1-20-15-11(13(19-20)10-7-8-10)12(16)14(17-18-15)9-5-3-2-4-6-9/h2-6,10H,7-8H2,1H3. The molecule has 0 N–H and O–H groups in total. The van der Waals surface area contributed by atoms with Gasteiger partial charge in [0.15, 0.2) is 5.65 Å². The molecule has 0 aliphatic heterocycles. The van der Waals surface area contributed by atoms with Gasteiger partial charge in [0.1, 0.15) is 5.69 Å². The molecule has 2 aromatic heterocycles. The van der Waals surface area contributed by atoms with Crippen LogP contribution in [0.4, 0.5) is 0 Å². The van der Waals surface area contributed by atoms with Gasteiger partial charge in [0, 0.05) is 18.5 Å². The van der Waals surface area contributed by atoms with Crippen molar-refractivity contribution >= 4 is 22.6 Å². The number of hydrogen-bond donors (Lipinski definition) is 0. The van der Waals surface area contributed by atoms with Gasteiger partial charge in [-0.15, -0.1) is 10.2 Å². The van der Waals surface area contributed by atoms with E-state index >= 15 is 0 Å². The number of rotatable bonds is 2. The summed E-state index contributed by atoms with van der Waals surface area (Å²) in [6.07, 6.45) is 2.37. The first-order chi connectivity index (χ1) is 9.75. The van der Waals surface area contributed by atoms with Crippen molar-refractivity contribution in [1.29, 1.82) is 0 Å². The second-order valence-electron chi connectivity index (χ2n) is 5.21. The minimum absolute atomic E-state index is 0.532. The quantitative estimate of drug-likeness (QED) is 0.723. The summed E-state index contributed by atoms with van der Waals surface area (Å²) in [5.41, 5.74) is 3.54. The third-order valence-corrected chi connectivity index (χ3v) is 4.10. The highest BCUT2D eigenvalue weighted by Crippen LogP contribution is 2.44. The Morgan fingerprint density at radius 2 is 1.90 bits per heavy atom. The second-order valence-corrected chi connectivity index (χ2v) is 5.59. The van der Waals surface area contributed by atoms with E-state index in [1.165, 1.54) is 12.8 Å². The second kappa shape index (κ2) is 4.28. The third kappa shape index (κ3) is 1.72. The molecule has 3 aromatic rings. The Morgan fingerprint density at radius 1 is 1.15 bits per heavy atom. The van der Waals surface area contributed by atoms with E-state index in [4.69, 9.17) is 11.6 Å². The molecule has 1 fully saturated rings. The van der Waals surface area contributed by atoms with Crippen LogP contribution in [0.15, 0.2) is 30.3 Å². The van der Waals surface area contributed by atoms with E-state index in [-0.39, 0.29) is 0 Å². The summed E-state index contributed by atoms with van der Waals surface area (Å²) in [6.45, 7) is 0. The molecule has 100 valence electrons. The van der Waals surface area contributed by atoms with Crippen molar-refractivity contribution in [1.82, 2.24) is 20.0 Å². The Balaban J connectivity index is 2.01. The lowest BCUT2D eigenvalue weighted by atomic mass is 10.1. The molecule has 1 aliphatic carbocycles. The fourth-order valence-corrected chi connectivity index (χ4v) is 2.87. The van der Waals surface area contributed by atoms with Gasteiger partial charge in [-0.2, -0.15) is 5.10 Å². The number of hydrogen-bond acceptors (Lipinski definition) is 3. The zero-order valence-corrected chi connectivity index (χ0v) is 11.8. The van der Waals surface area contributed by atoms with Gasteiger partial charge in [-0.25, -0.2) is 4.68 Å². The number of benzene rings is 1. The molecule has 4 nitrogen and oxygen atoms in total. The van der Waals surface area contributed by atoms with Crippen LogP contribution in [-0.4, -0.2) is 20.0 Å². The molecule has 0 spiro atoms. The van der Waals surface area contributed by atoms with Crippen LogP contribution >= 0.6 is 11.6 Å². The molecule has 20 heavy (non-hydrogen) atoms. The van der Waals surface area contributed by atoms with Crippen LogP contribution in [0.1, 0.15) is 24.5 Å². The lowest BCUT2D eigenvalue weighted by Gasteiger charge is -2.04. The van der Waals surface area contributed by atoms with Gasteiger partial charge in [-0.05, 0) is 12.8 Å². The van der Waals surface area contributed by atoms with Crippen molar-refractivity contribution in [2.24, 2.45) is 7.05 Å². The van der Waals surface area contributed by atoms with Crippen molar-refractivity contribution in [2.75, 3.05) is 0 Å². The maximum absolute atomic E-state index is 6.61. The van der Waals surface area contributed by atoms with Crippen LogP contribution < -0.4 is 0 Å². The van der Waals surface area contributed by atoms with Crippen molar-refractivity contribution in [3.8, 4) is 11.3 Å². The fourth-order valence-electron chi connectivity index (χ4n) is 2.54. The average Bonchev–Trinajstić information content (AvgIpc) is 3.25. The normalized spacial score (nSPS) is 14.9. The number of halogens is 1. The smallest absolute Gasteiger partial charge is 0.181 e. The summed E-state index contributed by atoms with van der Waals surface area (Å²) in [5.74, 6) is 0.532. The first-order valence-electron chi connectivity index (χ1n) is 6.70. The maximum atomic E-state index is 6.61. The van der Waals surface area contributed by atoms with E-state index in [2.05, 4.69) is 15.3 Å². The number of aryl methyl sites for hydroxylation is 1. The van der Waals surface area contributed by atoms with Gasteiger partial charge in [-0.3, -0.25) is 0 Å². The van der Waals surface area contributed by atoms with Gasteiger partial charge in [0.25, 0.3) is 0 Å². The Morgan fingerprint density at radius 3 is 2.60 bits per heavy atom. The molecular weight excluding hydrogens is 272 g/mol. The van der Waals surface area contributed by atoms with Crippen LogP contribution in [0, 0.1) is 0 Å². The molecular formula is C15H13ClN4. The zero-order valence-electron chi connectivity index (χ0n) is 11.0. The lowest BCUT2D eigenvalue weighted by Crippen LogP contribution is -1.95. The van der Waals surface area contributed by atoms with Gasteiger partial charge >= 0.3 is 0 Å². The molecule has 0 unspecified atom stereocenters. The highest BCUT2D eigenvalue weighted by molar-refractivity contribution is 6.37. The molecule has 0 atom stereocenters. The summed E-state index contributed by atoms with van der Waals surface area (Å²) in [4.78, 5) is 0. The van der Waals surface area contributed by atoms with E-state index < -0.39 is 0 Å². The Bertz CT molecular complexity index is 790. The van der Waals surface area contributed by atoms with Crippen LogP contribution in [0.3, 0.4) is 0 Å². The minimum Gasteiger partial charge on any atom is -0.249 e. The number of fused-ring (bicyclic) bond motifs is 1. The molecule has 1 saturated carbocycles. The maximum Gasteiger partial charge on any atom is 0.181 e. The minimum atomic E-state index is 0.532. The van der Waals surface area contributed by atoms with Crippen LogP contribution in [0.5, 0.6) is 0 Å². The first kappa shape index (κ1) is 11.9. The lowest BCUT2D eigenvalue weighted by molar-refractivity contribution is 0.753. The molecule has 1 aromatic carbocycles. The van der Waals surface area contributed by atoms with E-state index in [0.717, 1.165) is 28.0 Å². The third-order valence-electron chi connectivity index (χ3n) is 3.73. The van der Waals surface area contributed by atoms with Gasteiger partial charge in [0.2, 0.25) is 0 Å². The topological polar surface area (TPSA) is 43.6 Å². The summed E-state index contributed by atoms with van der Waals surface area (Å²) < 4.78 is 1.77. The van der Waals surface area contributed by atoms with E-state index in [0.29, 0.717) is 10.9 Å². The van der Waals surface area contributed by atoms with Crippen molar-refractivity contribution in [3.05, 3.63) is 41.0 Å². The first-order valence-corrected chi connectivity index (χ1v) is 7.07. The van der Waals surface area contributed by atoms with Gasteiger partial charge in [0.05, 0.1) is 16.1 Å². The highest BCUT2D eigenvalue weighted by Gasteiger charge is 2.31. The summed E-state index contributed by atoms with van der Waals surface area (Å²) in [5, 5.41) is 14.8. The predicted molar refractivity (Wildman–Crippen MR) is 78.7 cm³/mol. The molecule has 0 amide bonds. The zero-order chi connectivity index (χ0) is 13.7. The van der Waals surface area contributed by atoms with Crippen molar-refractivity contribution < 1.29 is 0 Å². The Labute approximate surface area is 121 Å². The Hall–Kier alpha value is -1.94. The molecule has 2 heterocycles. The Kier molecular flexibility index (Phi) is 2.54. The van der Waals surface area contributed by atoms with E-state index in [1.54, 1.807) is 4.68 Å². The molecule has 0 bridgehead atoms. The van der Waals surface area contributed by atoms with Crippen molar-refractivity contribution in [3.63, 3.8) is 0 Å². The molecule has 0 radical (unpaired) electrons. The van der Waals surface area contributed by atoms with Crippen molar-refractivity contribution in [2.45, 2.75) is 18.8 Å².